The van der Waals surface area contributed by atoms with Crippen molar-refractivity contribution in [1.29, 1.82) is 0 Å². The first-order valence-corrected chi connectivity index (χ1v) is 17.5. The Hall–Kier alpha value is -7.04. The van der Waals surface area contributed by atoms with Crippen molar-refractivity contribution in [2.45, 2.75) is 0 Å². The molecule has 52 heavy (non-hydrogen) atoms. The lowest BCUT2D eigenvalue weighted by molar-refractivity contribution is 0.664. The molecule has 3 heterocycles. The molecule has 11 aromatic rings. The second-order valence-corrected chi connectivity index (χ2v) is 13.2. The van der Waals surface area contributed by atoms with Gasteiger partial charge in [-0.05, 0) is 59.7 Å². The van der Waals surface area contributed by atoms with Crippen LogP contribution in [0.15, 0.2) is 189 Å². The van der Waals surface area contributed by atoms with Crippen molar-refractivity contribution in [1.82, 2.24) is 0 Å². The summed E-state index contributed by atoms with van der Waals surface area (Å²) in [5.74, 6) is 0. The summed E-state index contributed by atoms with van der Waals surface area (Å²) < 4.78 is 20.0. The molecule has 0 spiro atoms. The van der Waals surface area contributed by atoms with Gasteiger partial charge in [-0.15, -0.1) is 0 Å². The van der Waals surface area contributed by atoms with Crippen molar-refractivity contribution < 1.29 is 13.3 Å². The number of hydrogen-bond donors (Lipinski definition) is 0. The van der Waals surface area contributed by atoms with E-state index in [2.05, 4.69) is 150 Å². The van der Waals surface area contributed by atoms with Gasteiger partial charge in [0, 0.05) is 49.1 Å². The van der Waals surface area contributed by atoms with Crippen molar-refractivity contribution in [2.24, 2.45) is 0 Å². The third-order valence-corrected chi connectivity index (χ3v) is 10.3. The molecule has 0 saturated heterocycles. The van der Waals surface area contributed by atoms with Gasteiger partial charge in [-0.2, -0.15) is 0 Å². The summed E-state index contributed by atoms with van der Waals surface area (Å²) in [6, 6.07) is 61.1. The molecule has 4 heteroatoms. The first-order valence-electron chi connectivity index (χ1n) is 17.5. The largest absolute Gasteiger partial charge is 0.456 e. The van der Waals surface area contributed by atoms with Crippen LogP contribution in [0.2, 0.25) is 0 Å². The number of fused-ring (bicyclic) bond motifs is 9. The lowest BCUT2D eigenvalue weighted by Crippen LogP contribution is -2.11. The molecule has 0 unspecified atom stereocenters. The normalized spacial score (nSPS) is 11.8. The number of para-hydroxylation sites is 4. The zero-order valence-electron chi connectivity index (χ0n) is 27.9. The molecule has 0 aliphatic rings. The number of nitrogens with zero attached hydrogens (tertiary/aromatic N) is 1. The predicted octanol–water partition coefficient (Wildman–Crippen LogP) is 14.2. The molecule has 0 N–H and O–H groups in total. The third kappa shape index (κ3) is 4.28. The average molecular weight is 668 g/mol. The first-order chi connectivity index (χ1) is 25.8. The van der Waals surface area contributed by atoms with E-state index >= 15 is 0 Å². The zero-order chi connectivity index (χ0) is 34.2. The maximum atomic E-state index is 6.84. The van der Waals surface area contributed by atoms with Crippen LogP contribution in [0, 0.1) is 0 Å². The fourth-order valence-electron chi connectivity index (χ4n) is 7.97. The molecule has 0 aliphatic heterocycles. The number of anilines is 3. The molecular formula is C48H29NO3. The smallest absolute Gasteiger partial charge is 0.159 e. The molecular weight excluding hydrogens is 639 g/mol. The predicted molar refractivity (Wildman–Crippen MR) is 214 cm³/mol. The van der Waals surface area contributed by atoms with Crippen molar-refractivity contribution in [3.05, 3.63) is 176 Å². The maximum absolute atomic E-state index is 6.84. The van der Waals surface area contributed by atoms with Crippen LogP contribution in [0.5, 0.6) is 0 Å². The van der Waals surface area contributed by atoms with Crippen LogP contribution >= 0.6 is 0 Å². The molecule has 8 aromatic carbocycles. The lowest BCUT2D eigenvalue weighted by Gasteiger charge is -2.28. The Bertz CT molecular complexity index is 3130. The highest BCUT2D eigenvalue weighted by molar-refractivity contribution is 6.24. The second-order valence-electron chi connectivity index (χ2n) is 13.2. The molecule has 244 valence electrons. The molecule has 0 saturated carbocycles. The molecule has 0 bridgehead atoms. The van der Waals surface area contributed by atoms with Gasteiger partial charge in [-0.3, -0.25) is 0 Å². The summed E-state index contributed by atoms with van der Waals surface area (Å²) in [5, 5.41) is 6.30. The van der Waals surface area contributed by atoms with E-state index in [0.717, 1.165) is 105 Å². The lowest BCUT2D eigenvalue weighted by atomic mass is 9.96. The van der Waals surface area contributed by atoms with E-state index in [0.29, 0.717) is 0 Å². The summed E-state index contributed by atoms with van der Waals surface area (Å²) in [7, 11) is 0. The summed E-state index contributed by atoms with van der Waals surface area (Å²) in [4.78, 5) is 2.32. The van der Waals surface area contributed by atoms with E-state index in [1.807, 2.05) is 30.3 Å². The third-order valence-electron chi connectivity index (χ3n) is 10.3. The van der Waals surface area contributed by atoms with Gasteiger partial charge in [0.1, 0.15) is 27.9 Å². The monoisotopic (exact) mass is 667 g/mol. The fourth-order valence-corrected chi connectivity index (χ4v) is 7.97. The topological polar surface area (TPSA) is 42.7 Å². The molecule has 4 nitrogen and oxygen atoms in total. The zero-order valence-corrected chi connectivity index (χ0v) is 27.9. The minimum absolute atomic E-state index is 0.811. The van der Waals surface area contributed by atoms with Crippen LogP contribution in [0.4, 0.5) is 17.1 Å². The van der Waals surface area contributed by atoms with Crippen molar-refractivity contribution >= 4 is 82.9 Å². The van der Waals surface area contributed by atoms with Crippen LogP contribution in [0.25, 0.3) is 88.1 Å². The van der Waals surface area contributed by atoms with Gasteiger partial charge in [0.15, 0.2) is 5.58 Å². The highest BCUT2D eigenvalue weighted by atomic mass is 16.3. The highest BCUT2D eigenvalue weighted by Crippen LogP contribution is 2.48. The van der Waals surface area contributed by atoms with Crippen LogP contribution < -0.4 is 4.90 Å². The molecule has 0 amide bonds. The van der Waals surface area contributed by atoms with Crippen LogP contribution in [0.3, 0.4) is 0 Å². The summed E-state index contributed by atoms with van der Waals surface area (Å²) in [5.41, 5.74) is 12.4. The van der Waals surface area contributed by atoms with Gasteiger partial charge in [0.25, 0.3) is 0 Å². The van der Waals surface area contributed by atoms with Gasteiger partial charge < -0.3 is 18.2 Å². The summed E-state index contributed by atoms with van der Waals surface area (Å²) in [6.07, 6.45) is 0. The van der Waals surface area contributed by atoms with Crippen molar-refractivity contribution in [3.8, 4) is 22.3 Å². The minimum Gasteiger partial charge on any atom is -0.456 e. The van der Waals surface area contributed by atoms with Gasteiger partial charge in [-0.1, -0.05) is 127 Å². The van der Waals surface area contributed by atoms with Crippen molar-refractivity contribution in [3.63, 3.8) is 0 Å². The van der Waals surface area contributed by atoms with E-state index in [1.165, 1.54) is 0 Å². The molecule has 0 radical (unpaired) electrons. The van der Waals surface area contributed by atoms with E-state index in [1.54, 1.807) is 0 Å². The molecule has 0 aliphatic carbocycles. The minimum atomic E-state index is 0.811. The van der Waals surface area contributed by atoms with E-state index in [4.69, 9.17) is 13.3 Å². The number of benzene rings is 8. The summed E-state index contributed by atoms with van der Waals surface area (Å²) >= 11 is 0. The van der Waals surface area contributed by atoms with Crippen molar-refractivity contribution in [2.75, 3.05) is 4.90 Å². The van der Waals surface area contributed by atoms with Crippen LogP contribution in [-0.4, -0.2) is 0 Å². The quantitative estimate of drug-likeness (QED) is 0.183. The summed E-state index contributed by atoms with van der Waals surface area (Å²) in [6.45, 7) is 0. The van der Waals surface area contributed by atoms with Gasteiger partial charge in [-0.25, -0.2) is 0 Å². The van der Waals surface area contributed by atoms with E-state index in [-0.39, 0.29) is 0 Å². The maximum Gasteiger partial charge on any atom is 0.159 e. The molecule has 0 atom stereocenters. The average Bonchev–Trinajstić information content (AvgIpc) is 3.89. The molecule has 11 rings (SSSR count). The molecule has 0 fully saturated rings. The SMILES string of the molecule is c1ccc(-c2ccccc2N(c2ccc3oc4c(-c5ccccc5)c5c(cc4c3c2)oc2ccccc25)c2cccc3c2oc2ccccc23)cc1. The van der Waals surface area contributed by atoms with Gasteiger partial charge in [0.05, 0.1) is 11.4 Å². The number of hydrogen-bond acceptors (Lipinski definition) is 4. The fraction of sp³-hybridized carbons (Fsp3) is 0. The Labute approximate surface area is 298 Å². The second kappa shape index (κ2) is 11.2. The Morgan fingerprint density at radius 3 is 1.79 bits per heavy atom. The molecule has 3 aromatic heterocycles. The Kier molecular flexibility index (Phi) is 6.22. The van der Waals surface area contributed by atoms with Crippen LogP contribution in [-0.2, 0) is 0 Å². The Balaban J connectivity index is 1.22. The van der Waals surface area contributed by atoms with E-state index < -0.39 is 0 Å². The van der Waals surface area contributed by atoms with Gasteiger partial charge in [0.2, 0.25) is 0 Å². The Morgan fingerprint density at radius 1 is 0.346 bits per heavy atom. The highest BCUT2D eigenvalue weighted by Gasteiger charge is 2.25. The van der Waals surface area contributed by atoms with E-state index in [9.17, 15) is 0 Å². The Morgan fingerprint density at radius 2 is 0.962 bits per heavy atom. The standard InChI is InChI=1S/C48H29NO3/c1-3-14-30(15-4-1)33-18-7-10-22-39(33)49(40-23-13-21-35-34-19-8-11-24-41(34)51-47(35)40)32-26-27-43-37(28-32)38-29-44-46(36-20-9-12-25-42(36)50-44)45(48(38)52-43)31-16-5-2-6-17-31/h1-29H. The number of rotatable bonds is 5. The van der Waals surface area contributed by atoms with Crippen LogP contribution in [0.1, 0.15) is 0 Å². The van der Waals surface area contributed by atoms with Gasteiger partial charge >= 0.3 is 0 Å². The number of furan rings is 3. The first kappa shape index (κ1) is 28.8.